The fraction of sp³-hybridized carbons (Fsp3) is 1.00. The Morgan fingerprint density at radius 3 is 1.30 bits per heavy atom. The third kappa shape index (κ3) is 15.1. The second-order valence-corrected chi connectivity index (χ2v) is 10.00. The van der Waals surface area contributed by atoms with Crippen LogP contribution in [0.5, 0.6) is 0 Å². The Kier molecular flexibility index (Phi) is 9.90. The van der Waals surface area contributed by atoms with Crippen LogP contribution in [0.15, 0.2) is 0 Å². The minimum atomic E-state index is 1.08. The van der Waals surface area contributed by atoms with Crippen molar-refractivity contribution in [3.8, 4) is 0 Å². The van der Waals surface area contributed by atoms with Gasteiger partial charge in [-0.3, -0.25) is 0 Å². The first-order valence-corrected chi connectivity index (χ1v) is 9.42. The number of quaternary nitrogens is 3. The summed E-state index contributed by atoms with van der Waals surface area (Å²) in [6.45, 7) is 7.70. The average molecular weight is 332 g/mol. The molecule has 0 atom stereocenters. The third-order valence-corrected chi connectivity index (χ3v) is 4.74. The highest BCUT2D eigenvalue weighted by atomic mass is 15.3. The standard InChI is InChI=1S/C19H47N4/c1-20(2)14-12-18-22(6,7)16-10-11-17-23(8,9)19-13-15-21(3,4)5/h10-19H2,1-9H3/q+3. The lowest BCUT2D eigenvalue weighted by molar-refractivity contribution is -0.904. The van der Waals surface area contributed by atoms with Gasteiger partial charge in [-0.25, -0.2) is 0 Å². The van der Waals surface area contributed by atoms with E-state index in [1.54, 1.807) is 0 Å². The molecule has 0 aliphatic rings. The van der Waals surface area contributed by atoms with Gasteiger partial charge in [-0.1, -0.05) is 0 Å². The van der Waals surface area contributed by atoms with E-state index in [0.29, 0.717) is 0 Å². The Bertz CT molecular complexity index is 303. The molecule has 4 heteroatoms. The van der Waals surface area contributed by atoms with E-state index in [-0.39, 0.29) is 0 Å². The zero-order chi connectivity index (χ0) is 18.1. The van der Waals surface area contributed by atoms with Gasteiger partial charge in [0.05, 0.1) is 82.1 Å². The number of rotatable bonds is 13. The molecule has 0 unspecified atom stereocenters. The Morgan fingerprint density at radius 2 is 0.913 bits per heavy atom. The lowest BCUT2D eigenvalue weighted by Crippen LogP contribution is -2.45. The number of nitrogens with zero attached hydrogens (tertiary/aromatic N) is 4. The van der Waals surface area contributed by atoms with Crippen molar-refractivity contribution in [3.05, 3.63) is 0 Å². The zero-order valence-electron chi connectivity index (χ0n) is 17.9. The van der Waals surface area contributed by atoms with Gasteiger partial charge in [-0.05, 0) is 14.1 Å². The minimum Gasteiger partial charge on any atom is -0.331 e. The van der Waals surface area contributed by atoms with E-state index < -0.39 is 0 Å². The smallest absolute Gasteiger partial charge is 0.0836 e. The maximum Gasteiger partial charge on any atom is 0.0836 e. The summed E-state index contributed by atoms with van der Waals surface area (Å²) in [5.74, 6) is 0. The lowest BCUT2D eigenvalue weighted by atomic mass is 10.2. The molecule has 0 aliphatic carbocycles. The topological polar surface area (TPSA) is 3.24 Å². The maximum absolute atomic E-state index is 2.40. The fourth-order valence-electron chi connectivity index (χ4n) is 3.09. The van der Waals surface area contributed by atoms with Crippen LogP contribution >= 0.6 is 0 Å². The highest BCUT2D eigenvalue weighted by Crippen LogP contribution is 2.08. The molecule has 0 heterocycles. The van der Waals surface area contributed by atoms with Crippen molar-refractivity contribution in [1.29, 1.82) is 0 Å². The average Bonchev–Trinajstić information content (AvgIpc) is 2.32. The van der Waals surface area contributed by atoms with Crippen molar-refractivity contribution in [2.45, 2.75) is 25.7 Å². The summed E-state index contributed by atoms with van der Waals surface area (Å²) in [5, 5.41) is 0. The molecule has 0 aromatic carbocycles. The molecule has 0 fully saturated rings. The van der Waals surface area contributed by atoms with Crippen molar-refractivity contribution in [1.82, 2.24) is 4.90 Å². The molecular formula is C19H47N4+3. The van der Waals surface area contributed by atoms with E-state index >= 15 is 0 Å². The summed E-state index contributed by atoms with van der Waals surface area (Å²) < 4.78 is 3.43. The van der Waals surface area contributed by atoms with Gasteiger partial charge in [0.15, 0.2) is 0 Å². The molecule has 0 saturated carbocycles. The first kappa shape index (κ1) is 22.8. The summed E-state index contributed by atoms with van der Waals surface area (Å²) in [6.07, 6.45) is 5.33. The molecular weight excluding hydrogens is 284 g/mol. The van der Waals surface area contributed by atoms with Gasteiger partial charge in [-0.15, -0.1) is 0 Å². The molecule has 0 N–H and O–H groups in total. The highest BCUT2D eigenvalue weighted by molar-refractivity contribution is 4.46. The molecule has 0 saturated heterocycles. The summed E-state index contributed by atoms with van der Waals surface area (Å²) in [4.78, 5) is 2.29. The zero-order valence-corrected chi connectivity index (χ0v) is 17.9. The van der Waals surface area contributed by atoms with Crippen LogP contribution in [0, 0.1) is 0 Å². The third-order valence-electron chi connectivity index (χ3n) is 4.74. The van der Waals surface area contributed by atoms with Gasteiger partial charge >= 0.3 is 0 Å². The van der Waals surface area contributed by atoms with E-state index in [4.69, 9.17) is 0 Å². The quantitative estimate of drug-likeness (QED) is 0.368. The molecule has 0 amide bonds. The van der Waals surface area contributed by atoms with Crippen LogP contribution in [0.25, 0.3) is 0 Å². The van der Waals surface area contributed by atoms with Crippen LogP contribution in [0.4, 0.5) is 0 Å². The van der Waals surface area contributed by atoms with E-state index in [0.717, 1.165) is 4.48 Å². The second kappa shape index (κ2) is 9.97. The SMILES string of the molecule is CN(C)CCC[N+](C)(C)CCCC[N+](C)(C)CCC[N+](C)(C)C. The molecule has 140 valence electrons. The summed E-state index contributed by atoms with van der Waals surface area (Å²) in [5.41, 5.74) is 0. The van der Waals surface area contributed by atoms with E-state index in [2.05, 4.69) is 68.3 Å². The molecule has 0 aromatic heterocycles. The molecule has 0 aromatic rings. The van der Waals surface area contributed by atoms with Crippen LogP contribution in [0.1, 0.15) is 25.7 Å². The molecule has 0 spiro atoms. The van der Waals surface area contributed by atoms with Crippen LogP contribution in [-0.2, 0) is 0 Å². The van der Waals surface area contributed by atoms with E-state index in [1.807, 2.05) is 0 Å². The van der Waals surface area contributed by atoms with Gasteiger partial charge in [-0.2, -0.15) is 0 Å². The molecule has 4 nitrogen and oxygen atoms in total. The first-order valence-electron chi connectivity index (χ1n) is 9.42. The molecule has 0 rings (SSSR count). The van der Waals surface area contributed by atoms with Crippen molar-refractivity contribution in [2.24, 2.45) is 0 Å². The number of unbranched alkanes of at least 4 members (excludes halogenated alkanes) is 1. The summed E-state index contributed by atoms with van der Waals surface area (Å²) in [7, 11) is 20.8. The van der Waals surface area contributed by atoms with Gasteiger partial charge in [0.25, 0.3) is 0 Å². The Morgan fingerprint density at radius 1 is 0.522 bits per heavy atom. The number of hydrogen-bond acceptors (Lipinski definition) is 1. The molecule has 0 bridgehead atoms. The van der Waals surface area contributed by atoms with Crippen molar-refractivity contribution < 1.29 is 13.4 Å². The van der Waals surface area contributed by atoms with Crippen molar-refractivity contribution in [3.63, 3.8) is 0 Å². The number of hydrogen-bond donors (Lipinski definition) is 0. The lowest BCUT2D eigenvalue weighted by Gasteiger charge is -2.33. The van der Waals surface area contributed by atoms with Gasteiger partial charge in [0, 0.05) is 32.2 Å². The van der Waals surface area contributed by atoms with E-state index in [1.165, 1.54) is 73.9 Å². The Balaban J connectivity index is 3.86. The van der Waals surface area contributed by atoms with Crippen molar-refractivity contribution >= 4 is 0 Å². The summed E-state index contributed by atoms with van der Waals surface area (Å²) >= 11 is 0. The largest absolute Gasteiger partial charge is 0.331 e. The monoisotopic (exact) mass is 331 g/mol. The molecule has 23 heavy (non-hydrogen) atoms. The maximum atomic E-state index is 2.40. The van der Waals surface area contributed by atoms with Gasteiger partial charge in [0.1, 0.15) is 0 Å². The highest BCUT2D eigenvalue weighted by Gasteiger charge is 2.19. The van der Waals surface area contributed by atoms with Crippen LogP contribution in [0.2, 0.25) is 0 Å². The normalized spacial score (nSPS) is 13.8. The predicted molar refractivity (Wildman–Crippen MR) is 104 cm³/mol. The Labute approximate surface area is 147 Å². The van der Waals surface area contributed by atoms with Gasteiger partial charge < -0.3 is 18.3 Å². The minimum absolute atomic E-state index is 1.08. The van der Waals surface area contributed by atoms with Crippen LogP contribution < -0.4 is 0 Å². The molecule has 0 radical (unpaired) electrons. The van der Waals surface area contributed by atoms with Gasteiger partial charge in [0.2, 0.25) is 0 Å². The fourth-order valence-corrected chi connectivity index (χ4v) is 3.09. The van der Waals surface area contributed by atoms with E-state index in [9.17, 15) is 0 Å². The van der Waals surface area contributed by atoms with Crippen LogP contribution in [-0.4, -0.2) is 121 Å². The Hall–Kier alpha value is -0.160. The predicted octanol–water partition coefficient (Wildman–Crippen LogP) is 1.97. The van der Waals surface area contributed by atoms with Crippen molar-refractivity contribution in [2.75, 3.05) is 103 Å². The summed E-state index contributed by atoms with van der Waals surface area (Å²) in [6, 6.07) is 0. The van der Waals surface area contributed by atoms with Crippen LogP contribution in [0.3, 0.4) is 0 Å². The second-order valence-electron chi connectivity index (χ2n) is 10.00. The first-order chi connectivity index (χ1) is 10.3. The molecule has 0 aliphatic heterocycles.